The zero-order valence-corrected chi connectivity index (χ0v) is 46.4. The summed E-state index contributed by atoms with van der Waals surface area (Å²) in [6, 6.07) is 14.9. The summed E-state index contributed by atoms with van der Waals surface area (Å²) in [6.07, 6.45) is 10.6. The molecule has 1 aromatic heterocycles. The molecule has 10 heteroatoms. The average Bonchev–Trinajstić information content (AvgIpc) is 3.32. The number of carbonyl (C=O) groups is 3. The number of ketones is 2. The Balaban J connectivity index is 0.000000818. The van der Waals surface area contributed by atoms with Crippen molar-refractivity contribution in [3.05, 3.63) is 124 Å². The highest BCUT2D eigenvalue weighted by atomic mass is 19.3. The van der Waals surface area contributed by atoms with E-state index in [2.05, 4.69) is 131 Å². The van der Waals surface area contributed by atoms with Crippen LogP contribution in [0.1, 0.15) is 168 Å². The lowest BCUT2D eigenvalue weighted by molar-refractivity contribution is -0.119. The minimum atomic E-state index is -2.17. The van der Waals surface area contributed by atoms with Crippen LogP contribution in [0.25, 0.3) is 16.7 Å². The van der Waals surface area contributed by atoms with Gasteiger partial charge in [-0.3, -0.25) is 19.5 Å². The van der Waals surface area contributed by atoms with E-state index < -0.39 is 6.43 Å². The number of carbonyl (C=O) groups excluding carboxylic acids is 3. The van der Waals surface area contributed by atoms with E-state index in [1.165, 1.54) is 29.3 Å². The third-order valence-electron chi connectivity index (χ3n) is 13.9. The molecular weight excluding hydrogens is 894 g/mol. The van der Waals surface area contributed by atoms with Crippen LogP contribution in [0.3, 0.4) is 0 Å². The molecule has 0 saturated carbocycles. The minimum Gasteiger partial charge on any atom is -0.373 e. The van der Waals surface area contributed by atoms with Gasteiger partial charge in [0.25, 0.3) is 0 Å². The van der Waals surface area contributed by atoms with Crippen molar-refractivity contribution in [1.82, 2.24) is 14.8 Å². The van der Waals surface area contributed by atoms with E-state index in [0.717, 1.165) is 116 Å². The first-order chi connectivity index (χ1) is 33.3. The maximum Gasteiger partial charge on any atom is 0.235 e. The molecule has 71 heavy (non-hydrogen) atoms. The Labute approximate surface area is 427 Å². The predicted molar refractivity (Wildman–Crippen MR) is 294 cm³/mol. The molecule has 0 bridgehead atoms. The molecule has 0 amide bonds. The molecule has 2 fully saturated rings. The van der Waals surface area contributed by atoms with Crippen molar-refractivity contribution in [3.8, 4) is 11.1 Å². The highest BCUT2D eigenvalue weighted by molar-refractivity contribution is 5.99. The first-order valence-electron chi connectivity index (χ1n) is 25.8. The van der Waals surface area contributed by atoms with Crippen molar-refractivity contribution in [2.24, 2.45) is 17.8 Å². The van der Waals surface area contributed by atoms with Crippen molar-refractivity contribution in [2.45, 2.75) is 161 Å². The molecule has 7 nitrogen and oxygen atoms in total. The second kappa shape index (κ2) is 30.1. The van der Waals surface area contributed by atoms with E-state index in [9.17, 15) is 18.4 Å². The van der Waals surface area contributed by atoms with Gasteiger partial charge >= 0.3 is 0 Å². The van der Waals surface area contributed by atoms with Crippen LogP contribution in [0.15, 0.2) is 96.3 Å². The highest BCUT2D eigenvalue weighted by Crippen LogP contribution is 2.37. The summed E-state index contributed by atoms with van der Waals surface area (Å²) in [4.78, 5) is 44.1. The van der Waals surface area contributed by atoms with Gasteiger partial charge in [-0.2, -0.15) is 0 Å². The molecule has 0 radical (unpaired) electrons. The number of pyridine rings is 1. The number of piperidine rings is 1. The van der Waals surface area contributed by atoms with Crippen molar-refractivity contribution in [2.75, 3.05) is 44.2 Å². The Morgan fingerprint density at radius 1 is 0.845 bits per heavy atom. The van der Waals surface area contributed by atoms with Crippen LogP contribution in [0, 0.1) is 31.6 Å². The number of rotatable bonds is 16. The van der Waals surface area contributed by atoms with E-state index in [4.69, 9.17) is 4.79 Å². The Bertz CT molecular complexity index is 2290. The number of benzene rings is 2. The van der Waals surface area contributed by atoms with Crippen LogP contribution in [-0.2, 0) is 9.59 Å². The number of aromatic nitrogens is 1. The van der Waals surface area contributed by atoms with Gasteiger partial charge in [0.1, 0.15) is 17.9 Å². The summed E-state index contributed by atoms with van der Waals surface area (Å²) in [5.41, 5.74) is 12.9. The first kappa shape index (κ1) is 62.0. The van der Waals surface area contributed by atoms with Gasteiger partial charge in [-0.1, -0.05) is 83.5 Å². The molecular formula is C61H89F3N4O3. The minimum absolute atomic E-state index is 0.00375. The molecule has 0 N–H and O–H groups in total. The quantitative estimate of drug-likeness (QED) is 0.0613. The fourth-order valence-corrected chi connectivity index (χ4v) is 9.14. The Morgan fingerprint density at radius 3 is 1.93 bits per heavy atom. The van der Waals surface area contributed by atoms with E-state index in [0.29, 0.717) is 36.4 Å². The zero-order chi connectivity index (χ0) is 53.7. The smallest absolute Gasteiger partial charge is 0.235 e. The number of allylic oxidation sites excluding steroid dienone is 7. The third-order valence-corrected chi connectivity index (χ3v) is 13.9. The average molecular weight is 983 g/mol. The fourth-order valence-electron chi connectivity index (χ4n) is 9.14. The third kappa shape index (κ3) is 19.5. The fraction of sp³-hybridized carbons (Fsp3) is 0.541. The molecule has 5 rings (SSSR count). The van der Waals surface area contributed by atoms with Gasteiger partial charge in [0.15, 0.2) is 5.78 Å². The van der Waals surface area contributed by atoms with Crippen LogP contribution in [0.5, 0.6) is 0 Å². The number of alkyl halides is 2. The molecule has 2 saturated heterocycles. The summed E-state index contributed by atoms with van der Waals surface area (Å²) >= 11 is 0. The van der Waals surface area contributed by atoms with Gasteiger partial charge in [0.2, 0.25) is 6.43 Å². The van der Waals surface area contributed by atoms with Gasteiger partial charge in [0, 0.05) is 98.5 Å². The molecule has 2 aromatic carbocycles. The van der Waals surface area contributed by atoms with Crippen LogP contribution in [-0.4, -0.2) is 83.9 Å². The second-order valence-electron chi connectivity index (χ2n) is 20.7. The summed E-state index contributed by atoms with van der Waals surface area (Å²) in [6.45, 7) is 41.2. The van der Waals surface area contributed by atoms with E-state index in [1.807, 2.05) is 53.1 Å². The zero-order valence-electron chi connectivity index (χ0n) is 46.4. The summed E-state index contributed by atoms with van der Waals surface area (Å²) in [7, 11) is 0. The van der Waals surface area contributed by atoms with Crippen LogP contribution in [0.2, 0.25) is 0 Å². The van der Waals surface area contributed by atoms with Crippen LogP contribution in [0.4, 0.5) is 18.9 Å². The van der Waals surface area contributed by atoms with Crippen LogP contribution >= 0.6 is 0 Å². The van der Waals surface area contributed by atoms with Gasteiger partial charge < -0.3 is 14.6 Å². The Morgan fingerprint density at radius 2 is 1.44 bits per heavy atom. The number of piperazine rings is 1. The number of aryl methyl sites for hydroxylation is 2. The Kier molecular flexibility index (Phi) is 26.3. The number of hydrogen-bond acceptors (Lipinski definition) is 7. The molecule has 2 aliphatic rings. The lowest BCUT2D eigenvalue weighted by Crippen LogP contribution is -2.58. The van der Waals surface area contributed by atoms with Crippen molar-refractivity contribution >= 4 is 29.1 Å². The predicted octanol–water partition coefficient (Wildman–Crippen LogP) is 15.6. The summed E-state index contributed by atoms with van der Waals surface area (Å²) < 4.78 is 36.8. The summed E-state index contributed by atoms with van der Waals surface area (Å²) in [5.74, 6) is 1.83. The summed E-state index contributed by atoms with van der Waals surface area (Å²) in [5, 5.41) is 0. The van der Waals surface area contributed by atoms with Gasteiger partial charge in [-0.05, 0) is 170 Å². The van der Waals surface area contributed by atoms with Crippen molar-refractivity contribution in [3.63, 3.8) is 0 Å². The number of hydrogen-bond donors (Lipinski definition) is 0. The molecule has 0 spiro atoms. The van der Waals surface area contributed by atoms with Gasteiger partial charge in [0.05, 0.1) is 0 Å². The Hall–Kier alpha value is -5.09. The number of anilines is 1. The largest absolute Gasteiger partial charge is 0.373 e. The van der Waals surface area contributed by atoms with E-state index >= 15 is 4.39 Å². The number of Topliss-reactive ketones (excluding diaryl/α,β-unsaturated/α-hetero) is 2. The normalized spacial score (nSPS) is 15.4. The molecule has 2 aliphatic heterocycles. The monoisotopic (exact) mass is 983 g/mol. The molecule has 1 unspecified atom stereocenters. The maximum absolute atomic E-state index is 16.2. The highest BCUT2D eigenvalue weighted by Gasteiger charge is 2.39. The van der Waals surface area contributed by atoms with Gasteiger partial charge in [-0.25, -0.2) is 13.2 Å². The molecule has 3 aromatic rings. The molecule has 392 valence electrons. The first-order valence-corrected chi connectivity index (χ1v) is 25.8. The van der Waals surface area contributed by atoms with E-state index in [1.54, 1.807) is 6.08 Å². The number of nitrogens with zero attached hydrogens (tertiary/aromatic N) is 4. The van der Waals surface area contributed by atoms with Crippen molar-refractivity contribution < 1.29 is 27.6 Å². The second-order valence-corrected chi connectivity index (χ2v) is 20.7. The molecule has 0 aliphatic carbocycles. The number of aldehydes is 1. The topological polar surface area (TPSA) is 73.8 Å². The van der Waals surface area contributed by atoms with Crippen molar-refractivity contribution in [1.29, 1.82) is 0 Å². The lowest BCUT2D eigenvalue weighted by atomic mass is 9.78. The van der Waals surface area contributed by atoms with E-state index in [-0.39, 0.29) is 23.1 Å². The maximum atomic E-state index is 16.2. The molecule has 3 heterocycles. The lowest BCUT2D eigenvalue weighted by Gasteiger charge is -2.50. The number of likely N-dealkylation sites (tertiary alicyclic amines) is 1. The number of halogens is 3. The molecule has 1 atom stereocenters. The van der Waals surface area contributed by atoms with Crippen LogP contribution < -0.4 is 4.90 Å². The SMILES string of the molecule is C=C(C)C(C)CCC(=O)CC.CC(C)=C/C(=C\C(F)=C(/C)N1CCC(C(C)(C)N2CCN(c3ccc(C(=O)C(C)C)c(C)c3)CC2)CC1)c1ccc(-c2cnccc2C(C)C)c(C)c1.CC(F)F.CC=O. The standard InChI is InChI=1S/C47H63FN4O.C10H18O.C2H4F2.C2H4O/c1-31(2)26-38(37-12-14-42(34(7)27-37)44-30-49-19-16-41(44)32(3)4)29-45(48)36(9)50-20-17-39(18-21-50)47(10,11)52-24-22-51(23-25-52)40-13-15-43(35(8)28-40)46(53)33(5)6;1-5-10(11)7-6-9(4)8(2)3;1-2(3)4;1-2-3/h12-16,19,26-30,32-33,39H,17-18,20-25H2,1-11H3;9H,2,5-7H2,1,3-4H3;2H,1H3;2H,1H3/b38-29+,45-36-;;;. The van der Waals surface area contributed by atoms with Gasteiger partial charge in [-0.15, -0.1) is 0 Å².